The first-order chi connectivity index (χ1) is 22.9. The van der Waals surface area contributed by atoms with Crippen LogP contribution in [0.2, 0.25) is 0 Å². The van der Waals surface area contributed by atoms with E-state index in [1.54, 1.807) is 79.7 Å². The fourth-order valence-electron chi connectivity index (χ4n) is 5.25. The van der Waals surface area contributed by atoms with Gasteiger partial charge in [0.2, 0.25) is 5.91 Å². The van der Waals surface area contributed by atoms with Crippen molar-refractivity contribution >= 4 is 23.9 Å². The maximum Gasteiger partial charge on any atom is 0.408 e. The Hall–Kier alpha value is -5.30. The van der Waals surface area contributed by atoms with Crippen molar-refractivity contribution in [1.82, 2.24) is 15.5 Å². The molecule has 0 spiro atoms. The zero-order valence-corrected chi connectivity index (χ0v) is 29.5. The SMILES string of the molecule is C#CN(C(=O)C(Cc1ccc(O)cc1)NC(=O)OC(C)(C)C)C(C(=O)NC(Cc1ccccc1)C(=O)OC(C)(C)C)c1c(C)cccc1C. The number of nitrogens with zero attached hydrogens (tertiary/aromatic N) is 1. The summed E-state index contributed by atoms with van der Waals surface area (Å²) in [6.45, 7) is 13.9. The monoisotopic (exact) mass is 669 g/mol. The molecule has 0 aromatic heterocycles. The molecule has 0 saturated heterocycles. The van der Waals surface area contributed by atoms with E-state index >= 15 is 0 Å². The van der Waals surface area contributed by atoms with Crippen molar-refractivity contribution in [2.75, 3.05) is 0 Å². The van der Waals surface area contributed by atoms with Gasteiger partial charge in [-0.15, -0.1) is 0 Å². The minimum atomic E-state index is -1.40. The topological polar surface area (TPSA) is 134 Å². The normalized spacial score (nSPS) is 13.2. The summed E-state index contributed by atoms with van der Waals surface area (Å²) in [6, 6.07) is 19.3. The maximum absolute atomic E-state index is 14.5. The highest BCUT2D eigenvalue weighted by atomic mass is 16.6. The van der Waals surface area contributed by atoms with E-state index < -0.39 is 53.2 Å². The summed E-state index contributed by atoms with van der Waals surface area (Å²) in [5.41, 5.74) is 1.51. The van der Waals surface area contributed by atoms with Crippen molar-refractivity contribution < 1.29 is 33.8 Å². The number of hydrogen-bond donors (Lipinski definition) is 3. The van der Waals surface area contributed by atoms with E-state index in [4.69, 9.17) is 15.9 Å². The zero-order valence-electron chi connectivity index (χ0n) is 29.5. The quantitative estimate of drug-likeness (QED) is 0.136. The highest BCUT2D eigenvalue weighted by molar-refractivity contribution is 5.95. The van der Waals surface area contributed by atoms with Gasteiger partial charge in [0.25, 0.3) is 5.91 Å². The van der Waals surface area contributed by atoms with Crippen LogP contribution in [0.25, 0.3) is 0 Å². The molecule has 3 aromatic carbocycles. The Kier molecular flexibility index (Phi) is 12.6. The van der Waals surface area contributed by atoms with Crippen LogP contribution in [0.4, 0.5) is 4.79 Å². The molecule has 49 heavy (non-hydrogen) atoms. The minimum Gasteiger partial charge on any atom is -0.508 e. The van der Waals surface area contributed by atoms with Gasteiger partial charge >= 0.3 is 12.1 Å². The molecule has 3 N–H and O–H groups in total. The Morgan fingerprint density at radius 1 is 0.755 bits per heavy atom. The third kappa shape index (κ3) is 11.4. The van der Waals surface area contributed by atoms with Gasteiger partial charge < -0.3 is 25.2 Å². The van der Waals surface area contributed by atoms with Gasteiger partial charge in [-0.2, -0.15) is 0 Å². The first-order valence-corrected chi connectivity index (χ1v) is 16.1. The molecule has 3 atom stereocenters. The van der Waals surface area contributed by atoms with Crippen LogP contribution in [0.3, 0.4) is 0 Å². The lowest BCUT2D eigenvalue weighted by Crippen LogP contribution is -2.54. The first-order valence-electron chi connectivity index (χ1n) is 16.1. The maximum atomic E-state index is 14.5. The van der Waals surface area contributed by atoms with Crippen LogP contribution < -0.4 is 10.6 Å². The number of phenols is 1. The highest BCUT2D eigenvalue weighted by Gasteiger charge is 2.39. The molecular formula is C39H47N3O7. The van der Waals surface area contributed by atoms with E-state index in [-0.39, 0.29) is 18.6 Å². The number of esters is 1. The summed E-state index contributed by atoms with van der Waals surface area (Å²) >= 11 is 0. The molecule has 3 unspecified atom stereocenters. The second-order valence-corrected chi connectivity index (χ2v) is 13.9. The molecule has 10 nitrogen and oxygen atoms in total. The molecule has 0 radical (unpaired) electrons. The third-order valence-corrected chi connectivity index (χ3v) is 7.35. The summed E-state index contributed by atoms with van der Waals surface area (Å²) in [4.78, 5) is 56.4. The van der Waals surface area contributed by atoms with Crippen molar-refractivity contribution in [3.8, 4) is 18.2 Å². The van der Waals surface area contributed by atoms with Gasteiger partial charge in [0.05, 0.1) is 0 Å². The molecule has 0 saturated carbocycles. The second kappa shape index (κ2) is 16.2. The van der Waals surface area contributed by atoms with Gasteiger partial charge in [-0.1, -0.05) is 67.1 Å². The van der Waals surface area contributed by atoms with E-state index in [9.17, 15) is 24.3 Å². The molecule has 3 rings (SSSR count). The van der Waals surface area contributed by atoms with Crippen LogP contribution in [-0.4, -0.2) is 57.2 Å². The summed E-state index contributed by atoms with van der Waals surface area (Å²) in [6.07, 6.45) is 5.26. The lowest BCUT2D eigenvalue weighted by molar-refractivity contribution is -0.159. The molecule has 3 amide bonds. The van der Waals surface area contributed by atoms with Crippen molar-refractivity contribution in [1.29, 1.82) is 0 Å². The van der Waals surface area contributed by atoms with Crippen LogP contribution >= 0.6 is 0 Å². The number of nitrogens with one attached hydrogen (secondary N) is 2. The smallest absolute Gasteiger partial charge is 0.408 e. The number of benzene rings is 3. The van der Waals surface area contributed by atoms with Gasteiger partial charge in [-0.25, -0.2) is 9.59 Å². The van der Waals surface area contributed by atoms with Gasteiger partial charge in [-0.3, -0.25) is 14.5 Å². The Balaban J connectivity index is 2.10. The average Bonchev–Trinajstić information content (AvgIpc) is 2.99. The van der Waals surface area contributed by atoms with Crippen molar-refractivity contribution in [2.45, 2.75) is 97.6 Å². The van der Waals surface area contributed by atoms with Gasteiger partial charge in [-0.05, 0) is 95.3 Å². The predicted molar refractivity (Wildman–Crippen MR) is 187 cm³/mol. The van der Waals surface area contributed by atoms with Crippen LogP contribution in [0.1, 0.15) is 75.4 Å². The van der Waals surface area contributed by atoms with Crippen molar-refractivity contribution in [3.05, 3.63) is 101 Å². The van der Waals surface area contributed by atoms with Gasteiger partial charge in [0.1, 0.15) is 35.1 Å². The molecule has 0 fully saturated rings. The molecule has 0 bridgehead atoms. The number of aromatic hydroxyl groups is 1. The number of aryl methyl sites for hydroxylation is 2. The fraction of sp³-hybridized carbons (Fsp3) is 0.385. The minimum absolute atomic E-state index is 0.0267. The zero-order chi connectivity index (χ0) is 36.5. The summed E-state index contributed by atoms with van der Waals surface area (Å²) in [7, 11) is 0. The average molecular weight is 670 g/mol. The Bertz CT molecular complexity index is 1650. The standard InChI is InChI=1S/C39H47N3O7/c1-10-42(35(45)30(41-37(47)49-39(7,8)9)23-28-19-21-29(43)22-20-28)33(32-25(2)15-14-16-26(32)3)34(44)40-31(36(46)48-38(4,5)6)24-27-17-12-11-13-18-27/h1,11-22,30-31,33,43H,23-24H2,2-9H3,(H,40,44)(H,41,47). The van der Waals surface area contributed by atoms with Crippen molar-refractivity contribution in [2.24, 2.45) is 0 Å². The molecule has 260 valence electrons. The fourth-order valence-corrected chi connectivity index (χ4v) is 5.25. The number of alkyl carbamates (subject to hydrolysis) is 1. The molecule has 0 aliphatic rings. The summed E-state index contributed by atoms with van der Waals surface area (Å²) < 4.78 is 11.1. The van der Waals surface area contributed by atoms with E-state index in [1.165, 1.54) is 12.1 Å². The van der Waals surface area contributed by atoms with Crippen LogP contribution in [0.5, 0.6) is 5.75 Å². The highest BCUT2D eigenvalue weighted by Crippen LogP contribution is 2.29. The Morgan fingerprint density at radius 3 is 1.82 bits per heavy atom. The molecular weight excluding hydrogens is 622 g/mol. The van der Waals surface area contributed by atoms with Crippen LogP contribution in [0, 0.1) is 26.3 Å². The number of terminal acetylenes is 1. The Morgan fingerprint density at radius 2 is 1.29 bits per heavy atom. The number of rotatable bonds is 11. The first kappa shape index (κ1) is 38.2. The van der Waals surface area contributed by atoms with Crippen LogP contribution in [0.15, 0.2) is 72.8 Å². The summed E-state index contributed by atoms with van der Waals surface area (Å²) in [5, 5.41) is 15.3. The lowest BCUT2D eigenvalue weighted by atomic mass is 9.93. The number of amides is 3. The lowest BCUT2D eigenvalue weighted by Gasteiger charge is -2.33. The second-order valence-electron chi connectivity index (χ2n) is 13.9. The predicted octanol–water partition coefficient (Wildman–Crippen LogP) is 5.67. The number of hydrogen-bond acceptors (Lipinski definition) is 7. The summed E-state index contributed by atoms with van der Waals surface area (Å²) in [5.74, 6) is -2.10. The largest absolute Gasteiger partial charge is 0.508 e. The van der Waals surface area contributed by atoms with E-state index in [0.717, 1.165) is 10.5 Å². The molecule has 3 aromatic rings. The van der Waals surface area contributed by atoms with E-state index in [0.29, 0.717) is 22.3 Å². The van der Waals surface area contributed by atoms with Gasteiger partial charge in [0, 0.05) is 18.9 Å². The molecule has 0 aliphatic carbocycles. The van der Waals surface area contributed by atoms with Gasteiger partial charge in [0.15, 0.2) is 0 Å². The van der Waals surface area contributed by atoms with Crippen molar-refractivity contribution in [3.63, 3.8) is 0 Å². The molecule has 0 aliphatic heterocycles. The number of carbonyl (C=O) groups is 4. The van der Waals surface area contributed by atoms with Crippen LogP contribution in [-0.2, 0) is 36.7 Å². The molecule has 10 heteroatoms. The third-order valence-electron chi connectivity index (χ3n) is 7.35. The Labute approximate surface area is 289 Å². The number of phenolic OH excluding ortho intramolecular Hbond substituents is 1. The van der Waals surface area contributed by atoms with E-state index in [2.05, 4.69) is 16.7 Å². The van der Waals surface area contributed by atoms with E-state index in [1.807, 2.05) is 36.4 Å². The molecule has 0 heterocycles. The number of ether oxygens (including phenoxy) is 2. The number of carbonyl (C=O) groups excluding carboxylic acids is 4.